The van der Waals surface area contributed by atoms with E-state index >= 15 is 0 Å². The molecule has 1 nitrogen and oxygen atoms in total. The van der Waals surface area contributed by atoms with Crippen LogP contribution in [-0.4, -0.2) is 24.0 Å². The first-order chi connectivity index (χ1) is 7.81. The number of benzene rings is 1. The summed E-state index contributed by atoms with van der Waals surface area (Å²) >= 11 is 0. The fourth-order valence-electron chi connectivity index (χ4n) is 3.79. The molecule has 2 fully saturated rings. The Kier molecular flexibility index (Phi) is 2.51. The molecule has 0 N–H and O–H groups in total. The molecule has 2 unspecified atom stereocenters. The van der Waals surface area contributed by atoms with E-state index in [0.29, 0.717) is 5.41 Å². The summed E-state index contributed by atoms with van der Waals surface area (Å²) in [6, 6.07) is 11.9. The predicted molar refractivity (Wildman–Crippen MR) is 67.6 cm³/mol. The zero-order valence-corrected chi connectivity index (χ0v) is 10.2. The maximum atomic E-state index is 2.72. The van der Waals surface area contributed by atoms with Gasteiger partial charge in [-0.05, 0) is 44.3 Å². The number of hydrogen-bond acceptors (Lipinski definition) is 1. The molecule has 0 spiro atoms. The van der Waals surface area contributed by atoms with Crippen LogP contribution in [0.2, 0.25) is 0 Å². The van der Waals surface area contributed by atoms with E-state index in [1.165, 1.54) is 38.8 Å². The van der Waals surface area contributed by atoms with Gasteiger partial charge in [-0.1, -0.05) is 37.3 Å². The molecule has 0 aliphatic carbocycles. The first-order valence-corrected chi connectivity index (χ1v) is 6.60. The second-order valence-corrected chi connectivity index (χ2v) is 5.58. The normalized spacial score (nSPS) is 34.9. The van der Waals surface area contributed by atoms with Gasteiger partial charge in [-0.15, -0.1) is 0 Å². The van der Waals surface area contributed by atoms with Gasteiger partial charge in [-0.2, -0.15) is 0 Å². The molecule has 0 saturated carbocycles. The molecule has 1 heteroatoms. The quantitative estimate of drug-likeness (QED) is 0.695. The lowest BCUT2D eigenvalue weighted by molar-refractivity contribution is 0.114. The Bertz CT molecular complexity index is 359. The Morgan fingerprint density at radius 2 is 1.88 bits per heavy atom. The molecular weight excluding hydrogens is 194 g/mol. The maximum Gasteiger partial charge on any atom is 0.0190 e. The SMILES string of the molecule is CC1(c2ccccc2)CCCN2CCCC21. The topological polar surface area (TPSA) is 3.24 Å². The van der Waals surface area contributed by atoms with E-state index in [9.17, 15) is 0 Å². The van der Waals surface area contributed by atoms with Crippen molar-refractivity contribution in [2.45, 2.75) is 44.1 Å². The van der Waals surface area contributed by atoms with Crippen molar-refractivity contribution < 1.29 is 0 Å². The molecule has 2 aliphatic heterocycles. The largest absolute Gasteiger partial charge is 0.300 e. The summed E-state index contributed by atoms with van der Waals surface area (Å²) in [5.41, 5.74) is 1.95. The van der Waals surface area contributed by atoms with Crippen LogP contribution < -0.4 is 0 Å². The molecule has 0 amide bonds. The summed E-state index contributed by atoms with van der Waals surface area (Å²) in [7, 11) is 0. The van der Waals surface area contributed by atoms with Gasteiger partial charge >= 0.3 is 0 Å². The summed E-state index contributed by atoms with van der Waals surface area (Å²) in [4.78, 5) is 2.72. The Hall–Kier alpha value is -0.820. The van der Waals surface area contributed by atoms with Crippen LogP contribution in [0.4, 0.5) is 0 Å². The maximum absolute atomic E-state index is 2.72. The fraction of sp³-hybridized carbons (Fsp3) is 0.600. The van der Waals surface area contributed by atoms with Crippen LogP contribution in [0.5, 0.6) is 0 Å². The smallest absolute Gasteiger partial charge is 0.0190 e. The summed E-state index contributed by atoms with van der Waals surface area (Å²) in [6.07, 6.45) is 5.51. The third kappa shape index (κ3) is 1.49. The number of nitrogens with zero attached hydrogens (tertiary/aromatic N) is 1. The van der Waals surface area contributed by atoms with Gasteiger partial charge in [0.2, 0.25) is 0 Å². The molecule has 16 heavy (non-hydrogen) atoms. The standard InChI is InChI=1S/C15H21N/c1-15(13-7-3-2-4-8-13)10-6-12-16-11-5-9-14(15)16/h2-4,7-8,14H,5-6,9-12H2,1H3. The molecule has 2 aliphatic rings. The van der Waals surface area contributed by atoms with Crippen molar-refractivity contribution in [3.8, 4) is 0 Å². The zero-order valence-electron chi connectivity index (χ0n) is 10.2. The van der Waals surface area contributed by atoms with Crippen molar-refractivity contribution in [2.24, 2.45) is 0 Å². The number of fused-ring (bicyclic) bond motifs is 1. The van der Waals surface area contributed by atoms with Gasteiger partial charge in [0.25, 0.3) is 0 Å². The van der Waals surface area contributed by atoms with E-state index < -0.39 is 0 Å². The minimum Gasteiger partial charge on any atom is -0.300 e. The average Bonchev–Trinajstić information content (AvgIpc) is 2.80. The van der Waals surface area contributed by atoms with Crippen LogP contribution in [0, 0.1) is 0 Å². The molecule has 0 aromatic heterocycles. The molecule has 1 aromatic carbocycles. The molecule has 0 bridgehead atoms. The lowest BCUT2D eigenvalue weighted by Crippen LogP contribution is -2.49. The van der Waals surface area contributed by atoms with Gasteiger partial charge in [0.1, 0.15) is 0 Å². The molecule has 2 heterocycles. The number of hydrogen-bond donors (Lipinski definition) is 0. The second-order valence-electron chi connectivity index (χ2n) is 5.58. The summed E-state index contributed by atoms with van der Waals surface area (Å²) < 4.78 is 0. The molecule has 0 radical (unpaired) electrons. The Morgan fingerprint density at radius 3 is 2.69 bits per heavy atom. The third-order valence-electron chi connectivity index (χ3n) is 4.67. The third-order valence-corrected chi connectivity index (χ3v) is 4.67. The average molecular weight is 215 g/mol. The molecule has 3 rings (SSSR count). The van der Waals surface area contributed by atoms with Crippen molar-refractivity contribution in [1.82, 2.24) is 4.90 Å². The Morgan fingerprint density at radius 1 is 1.12 bits per heavy atom. The van der Waals surface area contributed by atoms with Crippen molar-refractivity contribution in [2.75, 3.05) is 13.1 Å². The van der Waals surface area contributed by atoms with Crippen LogP contribution in [-0.2, 0) is 5.41 Å². The van der Waals surface area contributed by atoms with Crippen molar-refractivity contribution in [3.05, 3.63) is 35.9 Å². The van der Waals surface area contributed by atoms with Gasteiger partial charge in [-0.25, -0.2) is 0 Å². The van der Waals surface area contributed by atoms with Gasteiger partial charge < -0.3 is 0 Å². The van der Waals surface area contributed by atoms with Crippen LogP contribution in [0.25, 0.3) is 0 Å². The highest BCUT2D eigenvalue weighted by molar-refractivity contribution is 5.28. The van der Waals surface area contributed by atoms with Crippen molar-refractivity contribution >= 4 is 0 Å². The minimum atomic E-state index is 0.399. The van der Waals surface area contributed by atoms with Gasteiger partial charge in [0.05, 0.1) is 0 Å². The highest BCUT2D eigenvalue weighted by Gasteiger charge is 2.43. The van der Waals surface area contributed by atoms with Gasteiger partial charge in [-0.3, -0.25) is 4.90 Å². The lowest BCUT2D eigenvalue weighted by Gasteiger charge is -2.45. The minimum absolute atomic E-state index is 0.399. The Balaban J connectivity index is 1.96. The van der Waals surface area contributed by atoms with Crippen molar-refractivity contribution in [3.63, 3.8) is 0 Å². The van der Waals surface area contributed by atoms with Gasteiger partial charge in [0, 0.05) is 11.5 Å². The van der Waals surface area contributed by atoms with Crippen LogP contribution in [0.1, 0.15) is 38.2 Å². The van der Waals surface area contributed by atoms with Crippen molar-refractivity contribution in [1.29, 1.82) is 0 Å². The van der Waals surface area contributed by atoms with E-state index in [-0.39, 0.29) is 0 Å². The van der Waals surface area contributed by atoms with Gasteiger partial charge in [0.15, 0.2) is 0 Å². The van der Waals surface area contributed by atoms with Crippen LogP contribution >= 0.6 is 0 Å². The van der Waals surface area contributed by atoms with Crippen LogP contribution in [0.3, 0.4) is 0 Å². The molecular formula is C15H21N. The summed E-state index contributed by atoms with van der Waals surface area (Å²) in [5, 5.41) is 0. The molecule has 2 atom stereocenters. The predicted octanol–water partition coefficient (Wildman–Crippen LogP) is 3.20. The summed E-state index contributed by atoms with van der Waals surface area (Å²) in [5.74, 6) is 0. The lowest BCUT2D eigenvalue weighted by atomic mass is 9.70. The van der Waals surface area contributed by atoms with E-state index in [2.05, 4.69) is 42.2 Å². The highest BCUT2D eigenvalue weighted by Crippen LogP contribution is 2.43. The molecule has 1 aromatic rings. The van der Waals surface area contributed by atoms with E-state index in [1.54, 1.807) is 5.56 Å². The summed E-state index contributed by atoms with van der Waals surface area (Å²) in [6.45, 7) is 5.13. The number of rotatable bonds is 1. The first kappa shape index (κ1) is 10.3. The molecule has 2 saturated heterocycles. The molecule has 86 valence electrons. The first-order valence-electron chi connectivity index (χ1n) is 6.60. The Labute approximate surface area is 98.5 Å². The van der Waals surface area contributed by atoms with E-state index in [1.807, 2.05) is 0 Å². The zero-order chi connectivity index (χ0) is 11.0. The van der Waals surface area contributed by atoms with E-state index in [0.717, 1.165) is 6.04 Å². The second kappa shape index (κ2) is 3.89. The highest BCUT2D eigenvalue weighted by atomic mass is 15.2. The monoisotopic (exact) mass is 215 g/mol. The fourth-order valence-corrected chi connectivity index (χ4v) is 3.79. The van der Waals surface area contributed by atoms with Crippen LogP contribution in [0.15, 0.2) is 30.3 Å². The number of piperidine rings is 1. The van der Waals surface area contributed by atoms with E-state index in [4.69, 9.17) is 0 Å².